The highest BCUT2D eigenvalue weighted by Crippen LogP contribution is 2.28. The minimum atomic E-state index is -1.40. The first-order valence-electron chi connectivity index (χ1n) is 5.84. The van der Waals surface area contributed by atoms with Crippen LogP contribution in [0.2, 0.25) is 0 Å². The third-order valence-corrected chi connectivity index (χ3v) is 3.23. The molecule has 3 N–H and O–H groups in total. The molecule has 2 nitrogen and oxygen atoms in total. The van der Waals surface area contributed by atoms with Crippen molar-refractivity contribution in [2.75, 3.05) is 5.32 Å². The number of nitrogens with one attached hydrogen (secondary N) is 1. The van der Waals surface area contributed by atoms with Crippen molar-refractivity contribution in [3.05, 3.63) is 29.3 Å². The van der Waals surface area contributed by atoms with Crippen LogP contribution in [0.25, 0.3) is 0 Å². The fraction of sp³-hybridized carbons (Fsp3) is 0.500. The Labute approximate surface area is 102 Å². The van der Waals surface area contributed by atoms with E-state index in [1.54, 1.807) is 0 Å². The van der Waals surface area contributed by atoms with E-state index in [4.69, 9.17) is 5.73 Å². The maximum Gasteiger partial charge on any atom is 0.185 e. The lowest BCUT2D eigenvalue weighted by atomic mass is 9.91. The summed E-state index contributed by atoms with van der Waals surface area (Å²) in [6, 6.07) is 0.0732. The van der Waals surface area contributed by atoms with E-state index < -0.39 is 29.0 Å². The predicted molar refractivity (Wildman–Crippen MR) is 60.1 cm³/mol. The summed E-state index contributed by atoms with van der Waals surface area (Å²) in [6.45, 7) is 0. The molecule has 0 radical (unpaired) electrons. The molecule has 1 aliphatic rings. The SMILES string of the molecule is NC1CCC(Nc2c(F)c(F)cc(F)c2F)CC1. The zero-order valence-electron chi connectivity index (χ0n) is 9.65. The third kappa shape index (κ3) is 2.58. The molecule has 1 saturated carbocycles. The van der Waals surface area contributed by atoms with Gasteiger partial charge in [-0.1, -0.05) is 0 Å². The Morgan fingerprint density at radius 1 is 0.944 bits per heavy atom. The van der Waals surface area contributed by atoms with Gasteiger partial charge in [-0.2, -0.15) is 0 Å². The van der Waals surface area contributed by atoms with Gasteiger partial charge in [0.05, 0.1) is 0 Å². The molecule has 1 aromatic carbocycles. The molecule has 1 aliphatic carbocycles. The van der Waals surface area contributed by atoms with Gasteiger partial charge in [0.15, 0.2) is 23.3 Å². The van der Waals surface area contributed by atoms with Gasteiger partial charge in [0.1, 0.15) is 5.69 Å². The van der Waals surface area contributed by atoms with E-state index in [1.807, 2.05) is 0 Å². The molecule has 0 aromatic heterocycles. The average Bonchev–Trinajstić information content (AvgIpc) is 2.34. The molecule has 0 amide bonds. The van der Waals surface area contributed by atoms with Crippen LogP contribution in [-0.2, 0) is 0 Å². The standard InChI is InChI=1S/C12H14F4N2/c13-8-5-9(14)11(16)12(10(8)15)18-7-3-1-6(17)2-4-7/h5-7,18H,1-4,17H2. The van der Waals surface area contributed by atoms with Gasteiger partial charge < -0.3 is 11.1 Å². The number of nitrogens with two attached hydrogens (primary N) is 1. The van der Waals surface area contributed by atoms with Crippen LogP contribution in [0.1, 0.15) is 25.7 Å². The van der Waals surface area contributed by atoms with Gasteiger partial charge in [-0.3, -0.25) is 0 Å². The molecular formula is C12H14F4N2. The molecule has 1 aromatic rings. The number of rotatable bonds is 2. The van der Waals surface area contributed by atoms with Gasteiger partial charge in [0.2, 0.25) is 0 Å². The second-order valence-electron chi connectivity index (χ2n) is 4.60. The molecule has 0 spiro atoms. The van der Waals surface area contributed by atoms with E-state index in [1.165, 1.54) is 0 Å². The van der Waals surface area contributed by atoms with E-state index in [-0.39, 0.29) is 18.2 Å². The summed E-state index contributed by atoms with van der Waals surface area (Å²) in [7, 11) is 0. The van der Waals surface area contributed by atoms with Gasteiger partial charge in [-0.15, -0.1) is 0 Å². The number of anilines is 1. The molecular weight excluding hydrogens is 248 g/mol. The van der Waals surface area contributed by atoms with Crippen LogP contribution >= 0.6 is 0 Å². The third-order valence-electron chi connectivity index (χ3n) is 3.23. The lowest BCUT2D eigenvalue weighted by Crippen LogP contribution is -2.33. The predicted octanol–water partition coefficient (Wildman–Crippen LogP) is 2.92. The summed E-state index contributed by atoms with van der Waals surface area (Å²) in [6.07, 6.45) is 2.69. The van der Waals surface area contributed by atoms with Crippen molar-refractivity contribution in [1.82, 2.24) is 0 Å². The highest BCUT2D eigenvalue weighted by molar-refractivity contribution is 5.48. The minimum Gasteiger partial charge on any atom is -0.377 e. The van der Waals surface area contributed by atoms with Crippen LogP contribution in [0.15, 0.2) is 6.07 Å². The Kier molecular flexibility index (Phi) is 3.75. The summed E-state index contributed by atoms with van der Waals surface area (Å²) in [4.78, 5) is 0. The summed E-state index contributed by atoms with van der Waals surface area (Å²) in [5.74, 6) is -5.57. The number of halogens is 4. The van der Waals surface area contributed by atoms with Crippen molar-refractivity contribution in [2.45, 2.75) is 37.8 Å². The molecule has 0 aliphatic heterocycles. The normalized spacial score (nSPS) is 24.1. The number of hydrogen-bond donors (Lipinski definition) is 2. The first kappa shape index (κ1) is 13.1. The van der Waals surface area contributed by atoms with Crippen molar-refractivity contribution in [1.29, 1.82) is 0 Å². The van der Waals surface area contributed by atoms with Crippen LogP contribution in [0.4, 0.5) is 23.2 Å². The maximum atomic E-state index is 13.4. The lowest BCUT2D eigenvalue weighted by molar-refractivity contribution is 0.404. The zero-order valence-corrected chi connectivity index (χ0v) is 9.65. The smallest absolute Gasteiger partial charge is 0.185 e. The highest BCUT2D eigenvalue weighted by Gasteiger charge is 2.24. The largest absolute Gasteiger partial charge is 0.377 e. The Balaban J connectivity index is 2.18. The van der Waals surface area contributed by atoms with Crippen molar-refractivity contribution in [3.63, 3.8) is 0 Å². The summed E-state index contributed by atoms with van der Waals surface area (Å²) >= 11 is 0. The summed E-state index contributed by atoms with van der Waals surface area (Å²) in [5.41, 5.74) is 4.97. The fourth-order valence-corrected chi connectivity index (χ4v) is 2.17. The molecule has 0 saturated heterocycles. The Bertz CT molecular complexity index is 416. The Hall–Kier alpha value is -1.30. The second kappa shape index (κ2) is 5.14. The molecule has 2 rings (SSSR count). The van der Waals surface area contributed by atoms with Crippen molar-refractivity contribution < 1.29 is 17.6 Å². The molecule has 6 heteroatoms. The number of benzene rings is 1. The maximum absolute atomic E-state index is 13.4. The van der Waals surface area contributed by atoms with E-state index in [0.29, 0.717) is 12.8 Å². The molecule has 100 valence electrons. The topological polar surface area (TPSA) is 38.0 Å². The molecule has 0 bridgehead atoms. The van der Waals surface area contributed by atoms with E-state index >= 15 is 0 Å². The van der Waals surface area contributed by atoms with E-state index in [0.717, 1.165) is 12.8 Å². The molecule has 0 atom stereocenters. The molecule has 0 unspecified atom stereocenters. The van der Waals surface area contributed by atoms with Crippen LogP contribution in [0, 0.1) is 23.3 Å². The minimum absolute atomic E-state index is 0.0852. The quantitative estimate of drug-likeness (QED) is 0.635. The number of hydrogen-bond acceptors (Lipinski definition) is 2. The summed E-state index contributed by atoms with van der Waals surface area (Å²) < 4.78 is 52.8. The van der Waals surface area contributed by atoms with Gasteiger partial charge >= 0.3 is 0 Å². The van der Waals surface area contributed by atoms with Crippen molar-refractivity contribution in [3.8, 4) is 0 Å². The van der Waals surface area contributed by atoms with Crippen LogP contribution in [0.3, 0.4) is 0 Å². The Morgan fingerprint density at radius 3 is 1.94 bits per heavy atom. The van der Waals surface area contributed by atoms with E-state index in [9.17, 15) is 17.6 Å². The highest BCUT2D eigenvalue weighted by atomic mass is 19.2. The molecule has 0 heterocycles. The van der Waals surface area contributed by atoms with Crippen LogP contribution in [-0.4, -0.2) is 12.1 Å². The summed E-state index contributed by atoms with van der Waals surface area (Å²) in [5, 5.41) is 2.53. The van der Waals surface area contributed by atoms with Crippen molar-refractivity contribution >= 4 is 5.69 Å². The van der Waals surface area contributed by atoms with Gasteiger partial charge in [0, 0.05) is 18.2 Å². The average molecular weight is 262 g/mol. The first-order chi connectivity index (χ1) is 8.49. The Morgan fingerprint density at radius 2 is 1.44 bits per heavy atom. The van der Waals surface area contributed by atoms with Gasteiger partial charge in [0.25, 0.3) is 0 Å². The molecule has 18 heavy (non-hydrogen) atoms. The van der Waals surface area contributed by atoms with Gasteiger partial charge in [-0.25, -0.2) is 17.6 Å². The van der Waals surface area contributed by atoms with Crippen LogP contribution < -0.4 is 11.1 Å². The zero-order chi connectivity index (χ0) is 13.3. The first-order valence-corrected chi connectivity index (χ1v) is 5.84. The second-order valence-corrected chi connectivity index (χ2v) is 4.60. The van der Waals surface area contributed by atoms with Gasteiger partial charge in [-0.05, 0) is 25.7 Å². The fourth-order valence-electron chi connectivity index (χ4n) is 2.17. The monoisotopic (exact) mass is 262 g/mol. The molecule has 1 fully saturated rings. The van der Waals surface area contributed by atoms with Crippen LogP contribution in [0.5, 0.6) is 0 Å². The van der Waals surface area contributed by atoms with Crippen molar-refractivity contribution in [2.24, 2.45) is 5.73 Å². The van der Waals surface area contributed by atoms with E-state index in [2.05, 4.69) is 5.32 Å². The lowest BCUT2D eigenvalue weighted by Gasteiger charge is -2.27.